The van der Waals surface area contributed by atoms with Gasteiger partial charge in [-0.15, -0.1) is 0 Å². The Bertz CT molecular complexity index is 1000. The highest BCUT2D eigenvalue weighted by Gasteiger charge is 2.53. The normalized spacial score (nSPS) is 30.4. The number of benzene rings is 1. The van der Waals surface area contributed by atoms with Crippen LogP contribution in [0.15, 0.2) is 47.7 Å². The zero-order valence-electron chi connectivity index (χ0n) is 18.6. The molecule has 1 fully saturated rings. The van der Waals surface area contributed by atoms with E-state index in [0.29, 0.717) is 25.0 Å². The van der Waals surface area contributed by atoms with Gasteiger partial charge in [-0.05, 0) is 68.2 Å². The van der Waals surface area contributed by atoms with Crippen molar-refractivity contribution in [2.75, 3.05) is 12.0 Å². The molecule has 0 radical (unpaired) electrons. The second-order valence-corrected chi connectivity index (χ2v) is 9.31. The molecule has 0 bridgehead atoms. The first-order valence-corrected chi connectivity index (χ1v) is 11.2. The number of rotatable bonds is 4. The maximum Gasteiger partial charge on any atom is 0.231 e. The molecule has 0 aromatic heterocycles. The number of ether oxygens (including phenoxy) is 1. The van der Waals surface area contributed by atoms with Gasteiger partial charge >= 0.3 is 0 Å². The van der Waals surface area contributed by atoms with Crippen LogP contribution in [0.3, 0.4) is 0 Å². The van der Waals surface area contributed by atoms with Crippen LogP contribution >= 0.6 is 0 Å². The predicted molar refractivity (Wildman–Crippen MR) is 119 cm³/mol. The highest BCUT2D eigenvalue weighted by Crippen LogP contribution is 2.57. The van der Waals surface area contributed by atoms with Crippen molar-refractivity contribution in [2.24, 2.45) is 23.2 Å². The smallest absolute Gasteiger partial charge is 0.231 e. The van der Waals surface area contributed by atoms with E-state index in [1.807, 2.05) is 43.5 Å². The van der Waals surface area contributed by atoms with Crippen LogP contribution in [0.1, 0.15) is 52.4 Å². The number of nitriles is 1. The summed E-state index contributed by atoms with van der Waals surface area (Å²) in [5.74, 6) is 1.33. The lowest BCUT2D eigenvalue weighted by Gasteiger charge is -2.51. The summed E-state index contributed by atoms with van der Waals surface area (Å²) in [6.07, 6.45) is 7.96. The summed E-state index contributed by atoms with van der Waals surface area (Å²) in [4.78, 5) is 28.1. The van der Waals surface area contributed by atoms with Gasteiger partial charge in [0.25, 0.3) is 0 Å². The maximum absolute atomic E-state index is 13.3. The van der Waals surface area contributed by atoms with E-state index in [9.17, 15) is 9.59 Å². The number of fused-ring (bicyclic) bond motifs is 3. The molecule has 1 aliphatic heterocycles. The molecule has 1 saturated carbocycles. The molecule has 1 heterocycles. The Labute approximate surface area is 184 Å². The van der Waals surface area contributed by atoms with Crippen LogP contribution < -0.4 is 9.64 Å². The molecule has 4 unspecified atom stereocenters. The Morgan fingerprint density at radius 1 is 1.29 bits per heavy atom. The van der Waals surface area contributed by atoms with Gasteiger partial charge in [-0.1, -0.05) is 18.6 Å². The molecule has 3 aliphatic rings. The second kappa shape index (κ2) is 8.34. The minimum absolute atomic E-state index is 0.0453. The SMILES string of the molecule is COc1cccc(N2C=C3CCC4C(CCC#N)C(C)=CC(=O)C4C3(C)CCC2=O)c1. The van der Waals surface area contributed by atoms with E-state index in [0.717, 1.165) is 30.5 Å². The third-order valence-electron chi connectivity index (χ3n) is 7.68. The third-order valence-corrected chi connectivity index (χ3v) is 7.68. The fraction of sp³-hybridized carbons (Fsp3) is 0.500. The zero-order chi connectivity index (χ0) is 22.2. The number of hydrogen-bond acceptors (Lipinski definition) is 4. The fourth-order valence-corrected chi connectivity index (χ4v) is 6.05. The van der Waals surface area contributed by atoms with Gasteiger partial charge in [0.05, 0.1) is 18.9 Å². The van der Waals surface area contributed by atoms with Crippen molar-refractivity contribution in [1.82, 2.24) is 0 Å². The lowest BCUT2D eigenvalue weighted by molar-refractivity contribution is -0.128. The minimum atomic E-state index is -0.342. The van der Waals surface area contributed by atoms with E-state index < -0.39 is 0 Å². The van der Waals surface area contributed by atoms with Gasteiger partial charge in [0, 0.05) is 36.4 Å². The standard InChI is InChI=1S/C26H30N2O3/c1-17-14-23(29)25-22(21(17)8-5-13-27)10-9-18-16-28(24(30)11-12-26(18,25)2)19-6-4-7-20(15-19)31-3/h4,6-7,14-16,21-22,25H,5,8-12H2,1-3H3. The Morgan fingerprint density at radius 3 is 2.84 bits per heavy atom. The van der Waals surface area contributed by atoms with E-state index in [1.54, 1.807) is 12.0 Å². The molecular weight excluding hydrogens is 388 g/mol. The lowest BCUT2D eigenvalue weighted by Crippen LogP contribution is -2.48. The number of amides is 1. The molecule has 162 valence electrons. The number of carbonyl (C=O) groups excluding carboxylic acids is 2. The van der Waals surface area contributed by atoms with E-state index in [1.165, 1.54) is 5.57 Å². The van der Waals surface area contributed by atoms with Crippen LogP contribution in [0.25, 0.3) is 0 Å². The number of allylic oxidation sites excluding steroid dienone is 3. The topological polar surface area (TPSA) is 70.4 Å². The molecule has 1 aromatic carbocycles. The number of nitrogens with zero attached hydrogens (tertiary/aromatic N) is 2. The Kier molecular flexibility index (Phi) is 5.75. The summed E-state index contributed by atoms with van der Waals surface area (Å²) in [5, 5.41) is 9.11. The number of methoxy groups -OCH3 is 1. The molecular formula is C26H30N2O3. The van der Waals surface area contributed by atoms with Gasteiger partial charge in [-0.3, -0.25) is 14.5 Å². The van der Waals surface area contributed by atoms with Crippen LogP contribution in [-0.4, -0.2) is 18.8 Å². The summed E-state index contributed by atoms with van der Waals surface area (Å²) < 4.78 is 5.34. The Balaban J connectivity index is 1.73. The van der Waals surface area contributed by atoms with Gasteiger partial charge in [0.2, 0.25) is 5.91 Å². The monoisotopic (exact) mass is 418 g/mol. The molecule has 2 aliphatic carbocycles. The van der Waals surface area contributed by atoms with Gasteiger partial charge in [0.15, 0.2) is 5.78 Å². The summed E-state index contributed by atoms with van der Waals surface area (Å²) in [5.41, 5.74) is 2.74. The highest BCUT2D eigenvalue weighted by atomic mass is 16.5. The van der Waals surface area contributed by atoms with Crippen LogP contribution in [0.4, 0.5) is 5.69 Å². The molecule has 4 rings (SSSR count). The van der Waals surface area contributed by atoms with E-state index in [4.69, 9.17) is 10.00 Å². The third kappa shape index (κ3) is 3.69. The van der Waals surface area contributed by atoms with Crippen molar-refractivity contribution in [1.29, 1.82) is 5.26 Å². The quantitative estimate of drug-likeness (QED) is 0.675. The van der Waals surface area contributed by atoms with Crippen molar-refractivity contribution in [3.8, 4) is 11.8 Å². The zero-order valence-corrected chi connectivity index (χ0v) is 18.6. The minimum Gasteiger partial charge on any atom is -0.497 e. The van der Waals surface area contributed by atoms with Crippen molar-refractivity contribution in [3.63, 3.8) is 0 Å². The van der Waals surface area contributed by atoms with Crippen LogP contribution in [-0.2, 0) is 9.59 Å². The highest BCUT2D eigenvalue weighted by molar-refractivity contribution is 5.97. The van der Waals surface area contributed by atoms with E-state index >= 15 is 0 Å². The molecule has 5 nitrogen and oxygen atoms in total. The van der Waals surface area contributed by atoms with Crippen LogP contribution in [0.2, 0.25) is 0 Å². The summed E-state index contributed by atoms with van der Waals surface area (Å²) in [7, 11) is 1.62. The summed E-state index contributed by atoms with van der Waals surface area (Å²) >= 11 is 0. The Morgan fingerprint density at radius 2 is 2.10 bits per heavy atom. The fourth-order valence-electron chi connectivity index (χ4n) is 6.05. The van der Waals surface area contributed by atoms with Gasteiger partial charge in [0.1, 0.15) is 5.75 Å². The predicted octanol–water partition coefficient (Wildman–Crippen LogP) is 5.19. The first-order valence-electron chi connectivity index (χ1n) is 11.2. The van der Waals surface area contributed by atoms with Gasteiger partial charge < -0.3 is 4.74 Å². The molecule has 31 heavy (non-hydrogen) atoms. The van der Waals surface area contributed by atoms with Crippen molar-refractivity contribution in [2.45, 2.75) is 52.4 Å². The van der Waals surface area contributed by atoms with Crippen LogP contribution in [0, 0.1) is 34.5 Å². The average molecular weight is 419 g/mol. The molecule has 4 atom stereocenters. The van der Waals surface area contributed by atoms with Crippen molar-refractivity contribution < 1.29 is 14.3 Å². The molecule has 1 aromatic rings. The number of ketones is 1. The first kappa shape index (κ1) is 21.4. The summed E-state index contributed by atoms with van der Waals surface area (Å²) in [6.45, 7) is 4.21. The average Bonchev–Trinajstić information content (AvgIpc) is 2.89. The largest absolute Gasteiger partial charge is 0.497 e. The molecule has 1 amide bonds. The molecule has 0 spiro atoms. The van der Waals surface area contributed by atoms with Crippen molar-refractivity contribution in [3.05, 3.63) is 47.7 Å². The lowest BCUT2D eigenvalue weighted by atomic mass is 9.52. The summed E-state index contributed by atoms with van der Waals surface area (Å²) in [6, 6.07) is 9.82. The number of hydrogen-bond donors (Lipinski definition) is 0. The second-order valence-electron chi connectivity index (χ2n) is 9.31. The Hall–Kier alpha value is -2.87. The number of carbonyl (C=O) groups is 2. The van der Waals surface area contributed by atoms with Gasteiger partial charge in [-0.2, -0.15) is 5.26 Å². The van der Waals surface area contributed by atoms with Gasteiger partial charge in [-0.25, -0.2) is 0 Å². The number of anilines is 1. The van der Waals surface area contributed by atoms with Crippen LogP contribution in [0.5, 0.6) is 5.75 Å². The van der Waals surface area contributed by atoms with E-state index in [2.05, 4.69) is 13.0 Å². The molecule has 0 saturated heterocycles. The van der Waals surface area contributed by atoms with Crippen molar-refractivity contribution >= 4 is 17.4 Å². The molecule has 0 N–H and O–H groups in total. The maximum atomic E-state index is 13.3. The van der Waals surface area contributed by atoms with E-state index in [-0.39, 0.29) is 34.9 Å². The molecule has 5 heteroatoms. The first-order chi connectivity index (χ1) is 14.9.